The Bertz CT molecular complexity index is 633. The Morgan fingerprint density at radius 3 is 2.61 bits per heavy atom. The zero-order chi connectivity index (χ0) is 13.3. The van der Waals surface area contributed by atoms with Gasteiger partial charge < -0.3 is 5.43 Å². The quantitative estimate of drug-likeness (QED) is 0.613. The van der Waals surface area contributed by atoms with Crippen LogP contribution in [0, 0.1) is 13.8 Å². The van der Waals surface area contributed by atoms with Crippen molar-refractivity contribution >= 4 is 15.7 Å². The summed E-state index contributed by atoms with van der Waals surface area (Å²) in [7, 11) is -3.50. The van der Waals surface area contributed by atoms with E-state index in [0.29, 0.717) is 10.7 Å². The normalized spacial score (nSPS) is 18.8. The third-order valence-electron chi connectivity index (χ3n) is 2.79. The van der Waals surface area contributed by atoms with E-state index in [-0.39, 0.29) is 0 Å². The lowest BCUT2D eigenvalue weighted by atomic mass is 10.2. The fourth-order valence-corrected chi connectivity index (χ4v) is 3.47. The van der Waals surface area contributed by atoms with Crippen molar-refractivity contribution in [3.63, 3.8) is 0 Å². The second-order valence-corrected chi connectivity index (χ2v) is 6.24. The van der Waals surface area contributed by atoms with E-state index in [9.17, 15) is 8.42 Å². The number of hydrogen-bond acceptors (Lipinski definition) is 5. The van der Waals surface area contributed by atoms with Crippen LogP contribution in [0.25, 0.3) is 0 Å². The number of hydrazine groups is 1. The number of nitrogens with one attached hydrogen (secondary N) is 1. The van der Waals surface area contributed by atoms with Crippen molar-refractivity contribution in [1.82, 2.24) is 5.43 Å². The molecular formula is C12H15N3O2S. The van der Waals surface area contributed by atoms with Gasteiger partial charge in [0.2, 0.25) is 9.84 Å². The molecule has 0 aliphatic carbocycles. The largest absolute Gasteiger partial charge is 0.309 e. The average Bonchev–Trinajstić information content (AvgIpc) is 2.77. The molecule has 0 aromatic heterocycles. The predicted octanol–water partition coefficient (Wildman–Crippen LogP) is 0.835. The minimum Gasteiger partial charge on any atom is -0.309 e. The van der Waals surface area contributed by atoms with Crippen molar-refractivity contribution in [2.24, 2.45) is 10.8 Å². The van der Waals surface area contributed by atoms with Gasteiger partial charge in [-0.25, -0.2) is 19.3 Å². The van der Waals surface area contributed by atoms with Crippen LogP contribution < -0.4 is 11.3 Å². The average molecular weight is 265 g/mol. The van der Waals surface area contributed by atoms with Gasteiger partial charge in [-0.1, -0.05) is 17.7 Å². The Balaban J connectivity index is 2.44. The standard InChI is InChI=1S/C12H15N3O2S/c1-8-3-4-10(9(2)7-8)18(16,17)12-6-5-11(14-12)15-13/h3-7,12H,13H2,1-2H3,(H,14,15). The Hall–Kier alpha value is -1.66. The summed E-state index contributed by atoms with van der Waals surface area (Å²) < 4.78 is 24.8. The van der Waals surface area contributed by atoms with Crippen LogP contribution in [-0.4, -0.2) is 19.6 Å². The number of nitrogens with two attached hydrogens (primary N) is 1. The second kappa shape index (κ2) is 4.55. The van der Waals surface area contributed by atoms with Gasteiger partial charge in [0.05, 0.1) is 4.90 Å². The molecule has 5 nitrogen and oxygen atoms in total. The number of nitrogens with zero attached hydrogens (tertiary/aromatic N) is 1. The molecule has 1 aliphatic rings. The summed E-state index contributed by atoms with van der Waals surface area (Å²) in [6, 6.07) is 5.25. The molecule has 1 aromatic carbocycles. The van der Waals surface area contributed by atoms with Crippen LogP contribution in [0.5, 0.6) is 0 Å². The van der Waals surface area contributed by atoms with Gasteiger partial charge in [-0.2, -0.15) is 0 Å². The molecule has 0 saturated heterocycles. The fraction of sp³-hybridized carbons (Fsp3) is 0.250. The summed E-state index contributed by atoms with van der Waals surface area (Å²) in [5.41, 5.74) is 4.10. The van der Waals surface area contributed by atoms with Gasteiger partial charge in [0, 0.05) is 0 Å². The minimum atomic E-state index is -3.50. The van der Waals surface area contributed by atoms with E-state index in [2.05, 4.69) is 10.4 Å². The molecule has 0 spiro atoms. The van der Waals surface area contributed by atoms with Crippen molar-refractivity contribution in [2.45, 2.75) is 24.1 Å². The van der Waals surface area contributed by atoms with Crippen LogP contribution in [0.15, 0.2) is 40.2 Å². The molecule has 0 saturated carbocycles. The van der Waals surface area contributed by atoms with Crippen molar-refractivity contribution < 1.29 is 8.42 Å². The van der Waals surface area contributed by atoms with Crippen molar-refractivity contribution in [3.05, 3.63) is 41.5 Å². The summed E-state index contributed by atoms with van der Waals surface area (Å²) in [6.07, 6.45) is 3.08. The lowest BCUT2D eigenvalue weighted by Gasteiger charge is -2.11. The van der Waals surface area contributed by atoms with Gasteiger partial charge >= 0.3 is 0 Å². The number of aliphatic imine (C=N–C) groups is 1. The Kier molecular flexibility index (Phi) is 3.23. The molecule has 1 heterocycles. The fourth-order valence-electron chi connectivity index (χ4n) is 1.90. The summed E-state index contributed by atoms with van der Waals surface area (Å²) >= 11 is 0. The number of sulfone groups is 1. The van der Waals surface area contributed by atoms with Crippen LogP contribution in [0.1, 0.15) is 11.1 Å². The second-order valence-electron chi connectivity index (χ2n) is 4.22. The minimum absolute atomic E-state index is 0.310. The number of hydrogen-bond donors (Lipinski definition) is 2. The highest BCUT2D eigenvalue weighted by atomic mass is 32.2. The first-order valence-corrected chi connectivity index (χ1v) is 7.03. The van der Waals surface area contributed by atoms with Crippen LogP contribution in [0.3, 0.4) is 0 Å². The number of amidine groups is 1. The summed E-state index contributed by atoms with van der Waals surface area (Å²) in [4.78, 5) is 4.31. The van der Waals surface area contributed by atoms with Crippen LogP contribution in [0.2, 0.25) is 0 Å². The first kappa shape index (κ1) is 12.8. The third-order valence-corrected chi connectivity index (χ3v) is 4.76. The van der Waals surface area contributed by atoms with Gasteiger partial charge in [-0.05, 0) is 37.6 Å². The van der Waals surface area contributed by atoms with Crippen molar-refractivity contribution in [2.75, 3.05) is 0 Å². The van der Waals surface area contributed by atoms with Gasteiger partial charge in [-0.3, -0.25) is 0 Å². The van der Waals surface area contributed by atoms with Crippen LogP contribution in [-0.2, 0) is 9.84 Å². The summed E-state index contributed by atoms with van der Waals surface area (Å²) in [5.74, 6) is 5.57. The molecule has 1 aliphatic heterocycles. The van der Waals surface area contributed by atoms with E-state index >= 15 is 0 Å². The SMILES string of the molecule is Cc1ccc(S(=O)(=O)C2C=CC(NN)=N2)c(C)c1. The Morgan fingerprint density at radius 1 is 1.33 bits per heavy atom. The molecule has 1 atom stereocenters. The molecule has 1 unspecified atom stereocenters. The maximum absolute atomic E-state index is 12.4. The zero-order valence-corrected chi connectivity index (χ0v) is 11.0. The first-order valence-electron chi connectivity index (χ1n) is 5.49. The number of aryl methyl sites for hydroxylation is 2. The Morgan fingerprint density at radius 2 is 2.06 bits per heavy atom. The zero-order valence-electron chi connectivity index (χ0n) is 10.2. The van der Waals surface area contributed by atoms with Crippen LogP contribution in [0.4, 0.5) is 0 Å². The molecule has 3 N–H and O–H groups in total. The molecule has 2 rings (SSSR count). The van der Waals surface area contributed by atoms with Gasteiger partial charge in [0.25, 0.3) is 0 Å². The predicted molar refractivity (Wildman–Crippen MR) is 70.8 cm³/mol. The summed E-state index contributed by atoms with van der Waals surface area (Å²) in [6.45, 7) is 3.71. The molecule has 0 bridgehead atoms. The van der Waals surface area contributed by atoms with E-state index in [1.54, 1.807) is 25.1 Å². The lowest BCUT2D eigenvalue weighted by molar-refractivity contribution is 0.589. The first-order chi connectivity index (χ1) is 8.45. The molecule has 0 fully saturated rings. The van der Waals surface area contributed by atoms with E-state index in [1.165, 1.54) is 6.08 Å². The third kappa shape index (κ3) is 2.16. The smallest absolute Gasteiger partial charge is 0.205 e. The van der Waals surface area contributed by atoms with Crippen molar-refractivity contribution in [1.29, 1.82) is 0 Å². The molecule has 96 valence electrons. The molecule has 0 radical (unpaired) electrons. The highest BCUT2D eigenvalue weighted by Crippen LogP contribution is 2.24. The maximum Gasteiger partial charge on any atom is 0.205 e. The number of benzene rings is 1. The molecular weight excluding hydrogens is 250 g/mol. The topological polar surface area (TPSA) is 84.5 Å². The van der Waals surface area contributed by atoms with Gasteiger partial charge in [-0.15, -0.1) is 0 Å². The van der Waals surface area contributed by atoms with Gasteiger partial charge in [0.15, 0.2) is 5.37 Å². The number of rotatable bonds is 2. The van der Waals surface area contributed by atoms with E-state index in [1.807, 2.05) is 13.0 Å². The summed E-state index contributed by atoms with van der Waals surface area (Å²) in [5, 5.41) is -0.898. The van der Waals surface area contributed by atoms with E-state index in [0.717, 1.165) is 11.1 Å². The highest BCUT2D eigenvalue weighted by molar-refractivity contribution is 7.92. The molecule has 0 amide bonds. The van der Waals surface area contributed by atoms with E-state index < -0.39 is 15.2 Å². The molecule has 1 aromatic rings. The monoisotopic (exact) mass is 265 g/mol. The van der Waals surface area contributed by atoms with Crippen LogP contribution >= 0.6 is 0 Å². The molecule has 6 heteroatoms. The van der Waals surface area contributed by atoms with Gasteiger partial charge in [0.1, 0.15) is 5.84 Å². The van der Waals surface area contributed by atoms with Crippen molar-refractivity contribution in [3.8, 4) is 0 Å². The lowest BCUT2D eigenvalue weighted by Crippen LogP contribution is -2.28. The van der Waals surface area contributed by atoms with E-state index in [4.69, 9.17) is 5.84 Å². The molecule has 18 heavy (non-hydrogen) atoms. The Labute approximate surface area is 106 Å². The highest BCUT2D eigenvalue weighted by Gasteiger charge is 2.28. The maximum atomic E-state index is 12.4.